The Morgan fingerprint density at radius 2 is 0.463 bits per heavy atom. The van der Waals surface area contributed by atoms with Crippen LogP contribution in [0.2, 0.25) is 0 Å². The fraction of sp³-hybridized carbons (Fsp3) is 0.596. The molecule has 0 spiro atoms. The molecule has 0 aliphatic rings. The van der Waals surface area contributed by atoms with Crippen molar-refractivity contribution in [1.82, 2.24) is 0 Å². The second-order valence-electron chi connectivity index (χ2n) is 26.2. The quantitative estimate of drug-likeness (QED) is 0.0169. The molecule has 0 aliphatic carbocycles. The Morgan fingerprint density at radius 3 is 0.750 bits per heavy atom. The number of hydrogen-bond acceptors (Lipinski definition) is 15. The number of rotatable bonds is 74. The van der Waals surface area contributed by atoms with Crippen LogP contribution in [0.4, 0.5) is 0 Å². The fourth-order valence-electron chi connectivity index (χ4n) is 10.0. The van der Waals surface area contributed by atoms with Crippen LogP contribution in [0.5, 0.6) is 0 Å². The predicted octanol–water partition coefficient (Wildman–Crippen LogP) is 24.1. The third-order valence-corrected chi connectivity index (χ3v) is 17.9. The average Bonchev–Trinajstić information content (AvgIpc) is 0.901. The molecular formula is C89H142O17P2. The van der Waals surface area contributed by atoms with Crippen LogP contribution in [0.1, 0.15) is 285 Å². The average molecular weight is 1550 g/mol. The molecule has 3 N–H and O–H groups in total. The Kier molecular flexibility index (Phi) is 74.5. The van der Waals surface area contributed by atoms with Crippen LogP contribution in [0.3, 0.4) is 0 Å². The molecule has 0 aromatic heterocycles. The van der Waals surface area contributed by atoms with E-state index in [1.807, 2.05) is 12.2 Å². The fourth-order valence-corrected chi connectivity index (χ4v) is 11.6. The highest BCUT2D eigenvalue weighted by Crippen LogP contribution is 2.45. The van der Waals surface area contributed by atoms with Crippen LogP contribution in [-0.2, 0) is 65.4 Å². The van der Waals surface area contributed by atoms with Gasteiger partial charge in [0.1, 0.15) is 19.3 Å². The smallest absolute Gasteiger partial charge is 0.462 e. The van der Waals surface area contributed by atoms with Crippen LogP contribution >= 0.6 is 15.6 Å². The van der Waals surface area contributed by atoms with Crippen LogP contribution < -0.4 is 0 Å². The first-order chi connectivity index (χ1) is 52.7. The molecule has 0 amide bonds. The lowest BCUT2D eigenvalue weighted by Crippen LogP contribution is -2.30. The number of allylic oxidation sites excluding steroid dienone is 32. The van der Waals surface area contributed by atoms with Gasteiger partial charge >= 0.3 is 39.5 Å². The zero-order chi connectivity index (χ0) is 78.9. The van der Waals surface area contributed by atoms with Crippen LogP contribution in [0.15, 0.2) is 194 Å². The third-order valence-electron chi connectivity index (χ3n) is 16.0. The van der Waals surface area contributed by atoms with E-state index < -0.39 is 97.5 Å². The summed E-state index contributed by atoms with van der Waals surface area (Å²) in [6.45, 7) is 4.27. The first kappa shape index (κ1) is 102. The van der Waals surface area contributed by atoms with E-state index in [1.54, 1.807) is 0 Å². The highest BCUT2D eigenvalue weighted by molar-refractivity contribution is 7.47. The van der Waals surface area contributed by atoms with Gasteiger partial charge in [-0.25, -0.2) is 9.13 Å². The predicted molar refractivity (Wildman–Crippen MR) is 445 cm³/mol. The van der Waals surface area contributed by atoms with E-state index in [4.69, 9.17) is 37.0 Å². The number of carbonyl (C=O) groups excluding carboxylic acids is 4. The Bertz CT molecular complexity index is 2810. The highest BCUT2D eigenvalue weighted by atomic mass is 31.2. The van der Waals surface area contributed by atoms with Gasteiger partial charge in [0.25, 0.3) is 0 Å². The van der Waals surface area contributed by atoms with Gasteiger partial charge < -0.3 is 33.8 Å². The lowest BCUT2D eigenvalue weighted by molar-refractivity contribution is -0.161. The van der Waals surface area contributed by atoms with Gasteiger partial charge in [0.15, 0.2) is 12.2 Å². The Balaban J connectivity index is 5.49. The van der Waals surface area contributed by atoms with Crippen molar-refractivity contribution in [3.05, 3.63) is 194 Å². The lowest BCUT2D eigenvalue weighted by atomic mass is 10.1. The highest BCUT2D eigenvalue weighted by Gasteiger charge is 2.30. The molecule has 5 atom stereocenters. The molecular weight excluding hydrogens is 1400 g/mol. The summed E-state index contributed by atoms with van der Waals surface area (Å²) in [5.41, 5.74) is 0. The molecule has 5 unspecified atom stereocenters. The van der Waals surface area contributed by atoms with Gasteiger partial charge in [0, 0.05) is 25.7 Å². The van der Waals surface area contributed by atoms with E-state index in [0.29, 0.717) is 38.5 Å². The standard InChI is InChI=1S/C89H142O17P2/c1-5-9-13-17-21-25-29-33-37-40-41-44-47-50-54-58-62-66-70-74-87(92)100-79-84(105-88(93)75-71-67-63-59-55-51-45-36-32-28-24-20-16-12-8-4)81-103-107(95,96)101-77-83(90)78-102-108(97,98)104-82-85(106-89(94)76-72-68-64-60-56-52-48-43-39-35-31-27-23-19-15-11-7-3)80-99-86(91)73-69-65-61-57-53-49-46-42-38-34-30-26-22-18-14-10-6-2/h9-16,21-28,33-39,41,44-46,49,55,57,59,61,83-85,90H,5-8,17-20,29-32,40,42-43,47-48,50-54,56,58,60,62-82H2,1-4H3,(H,95,96)(H,97,98)/b13-9-,14-10-,15-11-,16-12-,25-21-,26-22-,27-23-,28-24-,37-33-,38-34-,39-35-,44-41-,45-36-,49-46-,59-55-,61-57-. The minimum Gasteiger partial charge on any atom is -0.462 e. The van der Waals surface area contributed by atoms with Crippen molar-refractivity contribution >= 4 is 39.5 Å². The van der Waals surface area contributed by atoms with E-state index in [2.05, 4.69) is 210 Å². The van der Waals surface area contributed by atoms with Crippen molar-refractivity contribution in [2.45, 2.75) is 303 Å². The minimum atomic E-state index is -5.01. The Morgan fingerprint density at radius 1 is 0.259 bits per heavy atom. The van der Waals surface area contributed by atoms with E-state index in [1.165, 1.54) is 0 Å². The van der Waals surface area contributed by atoms with Gasteiger partial charge in [0.2, 0.25) is 0 Å². The second-order valence-corrected chi connectivity index (χ2v) is 29.1. The molecule has 0 radical (unpaired) electrons. The van der Waals surface area contributed by atoms with Gasteiger partial charge in [-0.2, -0.15) is 0 Å². The molecule has 0 aromatic carbocycles. The number of ether oxygens (including phenoxy) is 4. The molecule has 0 aromatic rings. The molecule has 0 fully saturated rings. The first-order valence-corrected chi connectivity index (χ1v) is 43.7. The number of phosphoric ester groups is 2. The second kappa shape index (κ2) is 79.0. The summed E-state index contributed by atoms with van der Waals surface area (Å²) in [7, 11) is -10.0. The Labute approximate surface area is 653 Å². The maximum Gasteiger partial charge on any atom is 0.472 e. The monoisotopic (exact) mass is 1540 g/mol. The van der Waals surface area contributed by atoms with Crippen LogP contribution in [-0.4, -0.2) is 96.7 Å². The van der Waals surface area contributed by atoms with Gasteiger partial charge in [0.05, 0.1) is 26.4 Å². The third kappa shape index (κ3) is 78.0. The molecule has 610 valence electrons. The summed E-state index contributed by atoms with van der Waals surface area (Å²) in [5, 5.41) is 10.7. The summed E-state index contributed by atoms with van der Waals surface area (Å²) in [4.78, 5) is 73.1. The number of carbonyl (C=O) groups is 4. The normalized spacial score (nSPS) is 14.8. The molecule has 17 nitrogen and oxygen atoms in total. The summed E-state index contributed by atoms with van der Waals surface area (Å²) >= 11 is 0. The topological polar surface area (TPSA) is 237 Å². The van der Waals surface area contributed by atoms with Crippen molar-refractivity contribution in [3.8, 4) is 0 Å². The SMILES string of the molecule is CC/C=C\C/C=C\C/C=C\C/C=C\C/C=C\CCCC(=O)OCC(COP(=O)(O)OCC(O)COP(=O)(O)OCC(COC(=O)CCCCCCCC/C=C\C/C=C\C/C=C\C/C=C\CC)OC(=O)CCCC/C=C\C/C=C\C/C=C\C/C=C\CC)OC(=O)CCCCCCCCC/C=C\C/C=C\C/C=C\CC. The molecule has 0 saturated carbocycles. The van der Waals surface area contributed by atoms with E-state index in [-0.39, 0.29) is 25.7 Å². The molecule has 0 rings (SSSR count). The van der Waals surface area contributed by atoms with E-state index in [9.17, 15) is 43.2 Å². The van der Waals surface area contributed by atoms with E-state index >= 15 is 0 Å². The number of esters is 4. The largest absolute Gasteiger partial charge is 0.472 e. The summed E-state index contributed by atoms with van der Waals surface area (Å²) in [6.07, 6.45) is 97.0. The molecule has 0 aliphatic heterocycles. The van der Waals surface area contributed by atoms with Crippen molar-refractivity contribution in [1.29, 1.82) is 0 Å². The van der Waals surface area contributed by atoms with E-state index in [0.717, 1.165) is 193 Å². The number of aliphatic hydroxyl groups is 1. The zero-order valence-corrected chi connectivity index (χ0v) is 68.5. The van der Waals surface area contributed by atoms with Crippen molar-refractivity contribution < 1.29 is 80.2 Å². The summed E-state index contributed by atoms with van der Waals surface area (Å²) in [5.74, 6) is -2.33. The Hall–Kier alpha value is -6.10. The first-order valence-electron chi connectivity index (χ1n) is 40.7. The van der Waals surface area contributed by atoms with Crippen LogP contribution in [0.25, 0.3) is 0 Å². The molecule has 108 heavy (non-hydrogen) atoms. The van der Waals surface area contributed by atoms with Gasteiger partial charge in [-0.05, 0) is 173 Å². The molecule has 0 heterocycles. The summed E-state index contributed by atoms with van der Waals surface area (Å²) in [6, 6.07) is 0. The molecule has 0 bridgehead atoms. The number of hydrogen-bond donors (Lipinski definition) is 3. The maximum atomic E-state index is 13.1. The zero-order valence-electron chi connectivity index (χ0n) is 66.7. The van der Waals surface area contributed by atoms with Gasteiger partial charge in [-0.3, -0.25) is 37.3 Å². The van der Waals surface area contributed by atoms with Gasteiger partial charge in [-0.1, -0.05) is 280 Å². The maximum absolute atomic E-state index is 13.1. The summed E-state index contributed by atoms with van der Waals surface area (Å²) < 4.78 is 68.6. The number of unbranched alkanes of at least 4 members (excludes halogenated alkanes) is 16. The van der Waals surface area contributed by atoms with Crippen molar-refractivity contribution in [3.63, 3.8) is 0 Å². The minimum absolute atomic E-state index is 0.0303. The molecule has 0 saturated heterocycles. The number of aliphatic hydroxyl groups excluding tert-OH is 1. The van der Waals surface area contributed by atoms with Crippen molar-refractivity contribution in [2.75, 3.05) is 39.6 Å². The van der Waals surface area contributed by atoms with Gasteiger partial charge in [-0.15, -0.1) is 0 Å². The van der Waals surface area contributed by atoms with Crippen LogP contribution in [0, 0.1) is 0 Å². The molecule has 19 heteroatoms. The lowest BCUT2D eigenvalue weighted by Gasteiger charge is -2.21. The van der Waals surface area contributed by atoms with Crippen molar-refractivity contribution in [2.24, 2.45) is 0 Å². The number of phosphoric acid groups is 2.